The van der Waals surface area contributed by atoms with Gasteiger partial charge in [-0.25, -0.2) is 0 Å². The highest BCUT2D eigenvalue weighted by Crippen LogP contribution is 2.21. The van der Waals surface area contributed by atoms with E-state index in [-0.39, 0.29) is 0 Å². The van der Waals surface area contributed by atoms with Crippen LogP contribution in [-0.4, -0.2) is 18.9 Å². The van der Waals surface area contributed by atoms with E-state index in [2.05, 4.69) is 16.4 Å². The van der Waals surface area contributed by atoms with Crippen LogP contribution in [0.5, 0.6) is 0 Å². The smallest absolute Gasteiger partial charge is 0.134 e. The number of rotatable bonds is 2. The van der Waals surface area contributed by atoms with Crippen LogP contribution in [-0.2, 0) is 6.42 Å². The van der Waals surface area contributed by atoms with Crippen LogP contribution in [0.25, 0.3) is 11.0 Å². The summed E-state index contributed by atoms with van der Waals surface area (Å²) in [6.07, 6.45) is 2.67. The molecule has 0 bridgehead atoms. The van der Waals surface area contributed by atoms with Crippen LogP contribution in [0, 0.1) is 0 Å². The summed E-state index contributed by atoms with van der Waals surface area (Å²) in [5.74, 6) is 1.07. The number of benzene rings is 1. The molecule has 0 aliphatic carbocycles. The molecule has 1 aliphatic heterocycles. The highest BCUT2D eigenvalue weighted by Gasteiger charge is 2.10. The Bertz CT molecular complexity index is 513. The predicted octanol–water partition coefficient (Wildman–Crippen LogP) is 1.98. The van der Waals surface area contributed by atoms with E-state index >= 15 is 0 Å². The largest absolute Gasteiger partial charge is 0.464 e. The lowest BCUT2D eigenvalue weighted by molar-refractivity contribution is 0.612. The first kappa shape index (κ1) is 8.53. The number of aliphatic imine (C=N–C) groups is 1. The van der Waals surface area contributed by atoms with E-state index in [4.69, 9.17) is 4.42 Å². The fourth-order valence-corrected chi connectivity index (χ4v) is 1.92. The molecule has 76 valence electrons. The predicted molar refractivity (Wildman–Crippen MR) is 60.2 cm³/mol. The quantitative estimate of drug-likeness (QED) is 0.804. The summed E-state index contributed by atoms with van der Waals surface area (Å²) in [5.41, 5.74) is 2.16. The maximum Gasteiger partial charge on any atom is 0.134 e. The second-order valence-corrected chi connectivity index (χ2v) is 3.69. The highest BCUT2D eigenvalue weighted by atomic mass is 16.3. The number of nitrogens with zero attached hydrogens (tertiary/aromatic N) is 1. The Morgan fingerprint density at radius 2 is 2.27 bits per heavy atom. The Morgan fingerprint density at radius 3 is 3.13 bits per heavy atom. The van der Waals surface area contributed by atoms with Gasteiger partial charge in [-0.15, -0.1) is 0 Å². The molecule has 0 unspecified atom stereocenters. The van der Waals surface area contributed by atoms with Crippen LogP contribution >= 0.6 is 0 Å². The number of hydrogen-bond acceptors (Lipinski definition) is 3. The molecule has 1 aromatic heterocycles. The molecule has 0 amide bonds. The Labute approximate surface area is 87.8 Å². The van der Waals surface area contributed by atoms with Crippen molar-refractivity contribution in [2.24, 2.45) is 4.99 Å². The van der Waals surface area contributed by atoms with E-state index in [9.17, 15) is 0 Å². The molecule has 0 spiro atoms. The Balaban J connectivity index is 1.97. The monoisotopic (exact) mass is 200 g/mol. The van der Waals surface area contributed by atoms with E-state index in [0.29, 0.717) is 0 Å². The number of para-hydroxylation sites is 1. The molecule has 1 N–H and O–H groups in total. The van der Waals surface area contributed by atoms with Crippen molar-refractivity contribution in [2.45, 2.75) is 6.42 Å². The fourth-order valence-electron chi connectivity index (χ4n) is 1.92. The van der Waals surface area contributed by atoms with Crippen molar-refractivity contribution in [3.8, 4) is 0 Å². The maximum absolute atomic E-state index is 5.48. The Morgan fingerprint density at radius 1 is 1.33 bits per heavy atom. The SMILES string of the molecule is c1ccc2c(CC3=NCCN3)coc2c1. The topological polar surface area (TPSA) is 37.5 Å². The van der Waals surface area contributed by atoms with Crippen molar-refractivity contribution in [1.29, 1.82) is 0 Å². The third-order valence-electron chi connectivity index (χ3n) is 2.66. The maximum atomic E-state index is 5.48. The van der Waals surface area contributed by atoms with Crippen molar-refractivity contribution >= 4 is 16.8 Å². The second kappa shape index (κ2) is 3.42. The molecule has 1 aliphatic rings. The first-order valence-electron chi connectivity index (χ1n) is 5.16. The average Bonchev–Trinajstić information content (AvgIpc) is 2.89. The van der Waals surface area contributed by atoms with Crippen LogP contribution in [0.1, 0.15) is 5.56 Å². The minimum Gasteiger partial charge on any atom is -0.464 e. The van der Waals surface area contributed by atoms with E-state index < -0.39 is 0 Å². The molecule has 15 heavy (non-hydrogen) atoms. The van der Waals surface area contributed by atoms with Crippen LogP contribution in [0.3, 0.4) is 0 Å². The molecule has 0 saturated carbocycles. The zero-order valence-corrected chi connectivity index (χ0v) is 8.36. The highest BCUT2D eigenvalue weighted by molar-refractivity contribution is 5.91. The molecule has 3 rings (SSSR count). The standard InChI is InChI=1S/C12H12N2O/c1-2-4-11-10(3-1)9(8-15-11)7-12-13-5-6-14-12/h1-4,8H,5-7H2,(H,13,14). The third kappa shape index (κ3) is 1.50. The molecule has 3 heteroatoms. The fraction of sp³-hybridized carbons (Fsp3) is 0.250. The number of furan rings is 1. The zero-order chi connectivity index (χ0) is 10.1. The van der Waals surface area contributed by atoms with Gasteiger partial charge >= 0.3 is 0 Å². The van der Waals surface area contributed by atoms with Crippen molar-refractivity contribution in [3.05, 3.63) is 36.1 Å². The third-order valence-corrected chi connectivity index (χ3v) is 2.66. The van der Waals surface area contributed by atoms with E-state index in [1.54, 1.807) is 0 Å². The van der Waals surface area contributed by atoms with Gasteiger partial charge in [-0.1, -0.05) is 18.2 Å². The van der Waals surface area contributed by atoms with Gasteiger partial charge in [-0.3, -0.25) is 4.99 Å². The molecule has 0 atom stereocenters. The van der Waals surface area contributed by atoms with Gasteiger partial charge < -0.3 is 9.73 Å². The van der Waals surface area contributed by atoms with Gasteiger partial charge in [0.25, 0.3) is 0 Å². The van der Waals surface area contributed by atoms with E-state index in [0.717, 1.165) is 30.9 Å². The van der Waals surface area contributed by atoms with E-state index in [1.165, 1.54) is 10.9 Å². The molecule has 2 heterocycles. The Hall–Kier alpha value is -1.77. The molecule has 0 fully saturated rings. The number of amidine groups is 1. The van der Waals surface area contributed by atoms with Gasteiger partial charge in [0.1, 0.15) is 11.4 Å². The van der Waals surface area contributed by atoms with Gasteiger partial charge in [-0.05, 0) is 6.07 Å². The molecule has 1 aromatic carbocycles. The van der Waals surface area contributed by atoms with Crippen molar-refractivity contribution in [3.63, 3.8) is 0 Å². The lowest BCUT2D eigenvalue weighted by Gasteiger charge is -1.99. The van der Waals surface area contributed by atoms with Gasteiger partial charge in [0.2, 0.25) is 0 Å². The summed E-state index contributed by atoms with van der Waals surface area (Å²) in [4.78, 5) is 4.38. The number of hydrogen-bond donors (Lipinski definition) is 1. The van der Waals surface area contributed by atoms with E-state index in [1.807, 2.05) is 24.5 Å². The van der Waals surface area contributed by atoms with Crippen LogP contribution in [0.4, 0.5) is 0 Å². The summed E-state index contributed by atoms with van der Waals surface area (Å²) >= 11 is 0. The molecular formula is C12H12N2O. The summed E-state index contributed by atoms with van der Waals surface area (Å²) in [6, 6.07) is 8.10. The zero-order valence-electron chi connectivity index (χ0n) is 8.36. The lowest BCUT2D eigenvalue weighted by atomic mass is 10.1. The molecule has 2 aromatic rings. The number of nitrogens with one attached hydrogen (secondary N) is 1. The summed E-state index contributed by atoms with van der Waals surface area (Å²) in [5, 5.41) is 4.46. The van der Waals surface area contributed by atoms with Gasteiger partial charge in [0, 0.05) is 23.9 Å². The number of fused-ring (bicyclic) bond motifs is 1. The first-order valence-corrected chi connectivity index (χ1v) is 5.16. The van der Waals surface area contributed by atoms with Crippen molar-refractivity contribution < 1.29 is 4.42 Å². The minimum atomic E-state index is 0.844. The van der Waals surface area contributed by atoms with Crippen LogP contribution < -0.4 is 5.32 Å². The molecule has 3 nitrogen and oxygen atoms in total. The average molecular weight is 200 g/mol. The van der Waals surface area contributed by atoms with Gasteiger partial charge in [-0.2, -0.15) is 0 Å². The lowest BCUT2D eigenvalue weighted by Crippen LogP contribution is -2.20. The van der Waals surface area contributed by atoms with Crippen molar-refractivity contribution in [2.75, 3.05) is 13.1 Å². The summed E-state index contributed by atoms with van der Waals surface area (Å²) in [7, 11) is 0. The first-order chi connectivity index (χ1) is 7.43. The van der Waals surface area contributed by atoms with Crippen LogP contribution in [0.15, 0.2) is 39.9 Å². The molecule has 0 saturated heterocycles. The van der Waals surface area contributed by atoms with Gasteiger partial charge in [0.05, 0.1) is 12.8 Å². The molecular weight excluding hydrogens is 188 g/mol. The van der Waals surface area contributed by atoms with Crippen LogP contribution in [0.2, 0.25) is 0 Å². The van der Waals surface area contributed by atoms with Crippen molar-refractivity contribution in [1.82, 2.24) is 5.32 Å². The minimum absolute atomic E-state index is 0.844. The summed E-state index contributed by atoms with van der Waals surface area (Å²) < 4.78 is 5.48. The normalized spacial score (nSPS) is 15.3. The Kier molecular flexibility index (Phi) is 1.95. The molecule has 0 radical (unpaired) electrons. The second-order valence-electron chi connectivity index (χ2n) is 3.69. The summed E-state index contributed by atoms with van der Waals surface area (Å²) in [6.45, 7) is 1.86. The van der Waals surface area contributed by atoms with Gasteiger partial charge in [0.15, 0.2) is 0 Å².